The Balaban J connectivity index is 3.65. The van der Waals surface area contributed by atoms with Crippen LogP contribution in [0.2, 0.25) is 0 Å². The van der Waals surface area contributed by atoms with Crippen molar-refractivity contribution in [2.45, 2.75) is 131 Å². The maximum atomic E-state index is 14.4. The lowest BCUT2D eigenvalue weighted by molar-refractivity contribution is -0.145. The standard InChI is InChI=1S/C31H52N4O5/c1-10-12-22(5)33-28(37)27(24-14-11-13-21(4)19-24)35(23(6)16-15-20(2)3)29(38)25(17-18-26(32)36)34-30(39)40-31(7,8)9/h11,13-14,19-20,22-23,25,27H,10,12,15-18H2,1-9H3,(H2,32,36)(H,33,37)(H,34,39). The predicted octanol–water partition coefficient (Wildman–Crippen LogP) is 5.15. The van der Waals surface area contributed by atoms with Gasteiger partial charge in [-0.25, -0.2) is 4.79 Å². The first-order valence-corrected chi connectivity index (χ1v) is 14.5. The minimum atomic E-state index is -1.11. The van der Waals surface area contributed by atoms with Crippen molar-refractivity contribution in [1.29, 1.82) is 0 Å². The summed E-state index contributed by atoms with van der Waals surface area (Å²) in [4.78, 5) is 54.4. The Kier molecular flexibility index (Phi) is 14.2. The highest BCUT2D eigenvalue weighted by Gasteiger charge is 2.39. The average Bonchev–Trinajstić information content (AvgIpc) is 2.81. The third kappa shape index (κ3) is 12.4. The van der Waals surface area contributed by atoms with Crippen LogP contribution in [0.3, 0.4) is 0 Å². The summed E-state index contributed by atoms with van der Waals surface area (Å²) < 4.78 is 5.42. The Morgan fingerprint density at radius 2 is 1.62 bits per heavy atom. The van der Waals surface area contributed by atoms with Crippen molar-refractivity contribution in [2.24, 2.45) is 11.7 Å². The molecule has 226 valence electrons. The number of carbonyl (C=O) groups is 4. The molecule has 0 saturated carbocycles. The largest absolute Gasteiger partial charge is 0.444 e. The van der Waals surface area contributed by atoms with E-state index in [0.717, 1.165) is 24.8 Å². The van der Waals surface area contributed by atoms with Crippen molar-refractivity contribution >= 4 is 23.8 Å². The summed E-state index contributed by atoms with van der Waals surface area (Å²) in [5, 5.41) is 5.75. The predicted molar refractivity (Wildman–Crippen MR) is 158 cm³/mol. The molecule has 0 saturated heterocycles. The van der Waals surface area contributed by atoms with Crippen LogP contribution in [0.25, 0.3) is 0 Å². The number of hydrogen-bond donors (Lipinski definition) is 3. The van der Waals surface area contributed by atoms with E-state index in [1.54, 1.807) is 25.7 Å². The third-order valence-electron chi connectivity index (χ3n) is 6.55. The fourth-order valence-corrected chi connectivity index (χ4v) is 4.59. The van der Waals surface area contributed by atoms with Crippen LogP contribution in [-0.2, 0) is 19.1 Å². The zero-order valence-corrected chi connectivity index (χ0v) is 26.0. The molecular weight excluding hydrogens is 508 g/mol. The van der Waals surface area contributed by atoms with E-state index in [1.165, 1.54) is 0 Å². The van der Waals surface area contributed by atoms with E-state index in [-0.39, 0.29) is 30.8 Å². The van der Waals surface area contributed by atoms with Crippen LogP contribution < -0.4 is 16.4 Å². The monoisotopic (exact) mass is 560 g/mol. The Labute approximate surface area is 241 Å². The summed E-state index contributed by atoms with van der Waals surface area (Å²) in [5.41, 5.74) is 6.26. The Hall–Kier alpha value is -3.10. The van der Waals surface area contributed by atoms with E-state index in [0.29, 0.717) is 17.9 Å². The number of ether oxygens (including phenoxy) is 1. The maximum absolute atomic E-state index is 14.4. The normalized spacial score (nSPS) is 14.6. The van der Waals surface area contributed by atoms with Gasteiger partial charge >= 0.3 is 6.09 Å². The molecular formula is C31H52N4O5. The molecule has 0 radical (unpaired) electrons. The number of carbonyl (C=O) groups excluding carboxylic acids is 4. The molecule has 0 aliphatic heterocycles. The summed E-state index contributed by atoms with van der Waals surface area (Å²) in [6.45, 7) is 17.2. The Morgan fingerprint density at radius 3 is 2.15 bits per heavy atom. The fourth-order valence-electron chi connectivity index (χ4n) is 4.59. The number of alkyl carbamates (subject to hydrolysis) is 1. The van der Waals surface area contributed by atoms with E-state index in [1.807, 2.05) is 45.0 Å². The second-order valence-corrected chi connectivity index (χ2v) is 12.3. The summed E-state index contributed by atoms with van der Waals surface area (Å²) in [7, 11) is 0. The van der Waals surface area contributed by atoms with Gasteiger partial charge in [0.1, 0.15) is 17.7 Å². The number of nitrogens with one attached hydrogen (secondary N) is 2. The van der Waals surface area contributed by atoms with Gasteiger partial charge in [0, 0.05) is 18.5 Å². The van der Waals surface area contributed by atoms with Gasteiger partial charge in [0.05, 0.1) is 0 Å². The second-order valence-electron chi connectivity index (χ2n) is 12.3. The molecule has 0 aliphatic carbocycles. The third-order valence-corrected chi connectivity index (χ3v) is 6.55. The van der Waals surface area contributed by atoms with E-state index in [9.17, 15) is 19.2 Å². The van der Waals surface area contributed by atoms with Crippen LogP contribution in [0, 0.1) is 12.8 Å². The molecule has 0 heterocycles. The lowest BCUT2D eigenvalue weighted by atomic mass is 9.95. The number of aryl methyl sites for hydroxylation is 1. The van der Waals surface area contributed by atoms with Gasteiger partial charge in [0.25, 0.3) is 0 Å². The van der Waals surface area contributed by atoms with Crippen LogP contribution in [0.5, 0.6) is 0 Å². The zero-order chi connectivity index (χ0) is 30.6. The number of rotatable bonds is 15. The summed E-state index contributed by atoms with van der Waals surface area (Å²) >= 11 is 0. The second kappa shape index (κ2) is 16.2. The zero-order valence-electron chi connectivity index (χ0n) is 26.0. The molecule has 1 aromatic rings. The molecule has 1 aromatic carbocycles. The van der Waals surface area contributed by atoms with Gasteiger partial charge in [-0.3, -0.25) is 14.4 Å². The lowest BCUT2D eigenvalue weighted by Crippen LogP contribution is -2.56. The quantitative estimate of drug-likeness (QED) is 0.273. The number of amides is 4. The number of nitrogens with zero attached hydrogens (tertiary/aromatic N) is 1. The van der Waals surface area contributed by atoms with Crippen molar-refractivity contribution in [3.8, 4) is 0 Å². The van der Waals surface area contributed by atoms with Crippen LogP contribution in [0.15, 0.2) is 24.3 Å². The number of benzene rings is 1. The highest BCUT2D eigenvalue weighted by atomic mass is 16.6. The van der Waals surface area contributed by atoms with Gasteiger partial charge < -0.3 is 26.0 Å². The smallest absolute Gasteiger partial charge is 0.408 e. The highest BCUT2D eigenvalue weighted by Crippen LogP contribution is 2.29. The van der Waals surface area contributed by atoms with Crippen molar-refractivity contribution in [3.05, 3.63) is 35.4 Å². The summed E-state index contributed by atoms with van der Waals surface area (Å²) in [6.07, 6.45) is 2.27. The topological polar surface area (TPSA) is 131 Å². The first kappa shape index (κ1) is 34.9. The molecule has 1 rings (SSSR count). The van der Waals surface area contributed by atoms with E-state index >= 15 is 0 Å². The highest BCUT2D eigenvalue weighted by molar-refractivity contribution is 5.92. The first-order valence-electron chi connectivity index (χ1n) is 14.5. The fraction of sp³-hybridized carbons (Fsp3) is 0.677. The number of primary amides is 1. The average molecular weight is 561 g/mol. The molecule has 4 unspecified atom stereocenters. The molecule has 0 fully saturated rings. The van der Waals surface area contributed by atoms with Crippen LogP contribution in [0.1, 0.15) is 111 Å². The molecule has 4 amide bonds. The van der Waals surface area contributed by atoms with Crippen molar-refractivity contribution in [2.75, 3.05) is 0 Å². The van der Waals surface area contributed by atoms with Gasteiger partial charge in [-0.2, -0.15) is 0 Å². The van der Waals surface area contributed by atoms with Crippen LogP contribution in [0.4, 0.5) is 4.79 Å². The maximum Gasteiger partial charge on any atom is 0.408 e. The molecule has 4 N–H and O–H groups in total. The van der Waals surface area contributed by atoms with Crippen LogP contribution in [-0.4, -0.2) is 52.4 Å². The molecule has 9 heteroatoms. The number of hydrogen-bond acceptors (Lipinski definition) is 5. The van der Waals surface area contributed by atoms with Gasteiger partial charge in [-0.1, -0.05) is 57.0 Å². The van der Waals surface area contributed by atoms with Crippen molar-refractivity contribution in [3.63, 3.8) is 0 Å². The van der Waals surface area contributed by atoms with Gasteiger partial charge in [0.15, 0.2) is 0 Å². The van der Waals surface area contributed by atoms with Gasteiger partial charge in [-0.05, 0) is 78.7 Å². The minimum Gasteiger partial charge on any atom is -0.444 e. The van der Waals surface area contributed by atoms with Crippen molar-refractivity contribution < 1.29 is 23.9 Å². The lowest BCUT2D eigenvalue weighted by Gasteiger charge is -2.39. The van der Waals surface area contributed by atoms with Crippen molar-refractivity contribution in [1.82, 2.24) is 15.5 Å². The molecule has 40 heavy (non-hydrogen) atoms. The molecule has 9 nitrogen and oxygen atoms in total. The Bertz CT molecular complexity index is 988. The SMILES string of the molecule is CCCC(C)NC(=O)C(c1cccc(C)c1)N(C(=O)C(CCC(N)=O)NC(=O)OC(C)(C)C)C(C)CCC(C)C. The van der Waals surface area contributed by atoms with E-state index in [4.69, 9.17) is 10.5 Å². The molecule has 0 aromatic heterocycles. The van der Waals surface area contributed by atoms with Gasteiger partial charge in [0.2, 0.25) is 17.7 Å². The Morgan fingerprint density at radius 1 is 0.975 bits per heavy atom. The molecule has 0 bridgehead atoms. The molecule has 0 aliphatic rings. The summed E-state index contributed by atoms with van der Waals surface area (Å²) in [5.74, 6) is -0.958. The minimum absolute atomic E-state index is 0.0186. The van der Waals surface area contributed by atoms with Crippen LogP contribution >= 0.6 is 0 Å². The van der Waals surface area contributed by atoms with E-state index < -0.39 is 35.6 Å². The summed E-state index contributed by atoms with van der Waals surface area (Å²) in [6, 6.07) is 5.07. The van der Waals surface area contributed by atoms with Gasteiger partial charge in [-0.15, -0.1) is 0 Å². The molecule has 0 spiro atoms. The van der Waals surface area contributed by atoms with E-state index in [2.05, 4.69) is 31.4 Å². The molecule has 4 atom stereocenters. The number of nitrogens with two attached hydrogens (primary N) is 1. The first-order chi connectivity index (χ1) is 18.5.